The Balaban J connectivity index is 2.91. The molecule has 1 rings (SSSR count). The van der Waals surface area contributed by atoms with Crippen molar-refractivity contribution in [2.75, 3.05) is 5.73 Å². The van der Waals surface area contributed by atoms with Gasteiger partial charge in [-0.25, -0.2) is 0 Å². The molecule has 0 heterocycles. The van der Waals surface area contributed by atoms with Crippen molar-refractivity contribution in [1.82, 2.24) is 0 Å². The Labute approximate surface area is 82.5 Å². The molecule has 0 aliphatic carbocycles. The maximum absolute atomic E-state index is 5.51. The minimum absolute atomic E-state index is 0.785. The second-order valence-electron chi connectivity index (χ2n) is 2.10. The molecule has 0 aliphatic rings. The van der Waals surface area contributed by atoms with Crippen LogP contribution in [0.25, 0.3) is 6.08 Å². The van der Waals surface area contributed by atoms with Crippen LogP contribution in [0.1, 0.15) is 5.56 Å². The average molecular weight is 277 g/mol. The Kier molecular flexibility index (Phi) is 3.15. The van der Waals surface area contributed by atoms with Crippen LogP contribution in [-0.4, -0.2) is 0 Å². The fraction of sp³-hybridized carbons (Fsp3) is 0. The van der Waals surface area contributed by atoms with Crippen LogP contribution in [0.3, 0.4) is 0 Å². The van der Waals surface area contributed by atoms with Crippen molar-refractivity contribution in [2.24, 2.45) is 0 Å². The average Bonchev–Trinajstić information content (AvgIpc) is 1.93. The molecule has 0 bridgehead atoms. The third kappa shape index (κ3) is 3.08. The van der Waals surface area contributed by atoms with E-state index in [4.69, 9.17) is 5.73 Å². The molecule has 0 amide bonds. The summed E-state index contributed by atoms with van der Waals surface area (Å²) in [7, 11) is 0. The second-order valence-corrected chi connectivity index (χ2v) is 4.87. The molecule has 0 unspecified atom stereocenters. The summed E-state index contributed by atoms with van der Waals surface area (Å²) in [6, 6.07) is 7.65. The van der Waals surface area contributed by atoms with E-state index >= 15 is 0 Å². The Morgan fingerprint density at radius 1 is 1.18 bits per heavy atom. The number of hydrogen-bond donors (Lipinski definition) is 1. The first-order valence-corrected chi connectivity index (χ1v) is 4.65. The minimum Gasteiger partial charge on any atom is -0.399 e. The van der Waals surface area contributed by atoms with Crippen LogP contribution in [0.4, 0.5) is 5.69 Å². The van der Waals surface area contributed by atoms with Gasteiger partial charge in [-0.05, 0) is 55.6 Å². The van der Waals surface area contributed by atoms with Gasteiger partial charge in [0.2, 0.25) is 0 Å². The Bertz CT molecular complexity index is 260. The van der Waals surface area contributed by atoms with Gasteiger partial charge in [0.1, 0.15) is 0 Å². The van der Waals surface area contributed by atoms with Crippen LogP contribution in [-0.2, 0) is 0 Å². The van der Waals surface area contributed by atoms with E-state index in [0.717, 1.165) is 14.6 Å². The van der Waals surface area contributed by atoms with Crippen molar-refractivity contribution in [3.8, 4) is 0 Å². The van der Waals surface area contributed by atoms with Crippen molar-refractivity contribution in [2.45, 2.75) is 0 Å². The van der Waals surface area contributed by atoms with Crippen LogP contribution in [0.15, 0.2) is 27.7 Å². The molecule has 1 nitrogen and oxygen atoms in total. The number of rotatable bonds is 1. The van der Waals surface area contributed by atoms with Crippen molar-refractivity contribution < 1.29 is 0 Å². The van der Waals surface area contributed by atoms with Gasteiger partial charge >= 0.3 is 0 Å². The van der Waals surface area contributed by atoms with Crippen LogP contribution in [0.2, 0.25) is 0 Å². The molecule has 0 fully saturated rings. The monoisotopic (exact) mass is 275 g/mol. The molecule has 2 N–H and O–H groups in total. The maximum atomic E-state index is 5.51. The quantitative estimate of drug-likeness (QED) is 0.782. The molecular formula is C8H7Br2N. The van der Waals surface area contributed by atoms with E-state index in [1.165, 1.54) is 0 Å². The summed E-state index contributed by atoms with van der Waals surface area (Å²) in [5.74, 6) is 0. The van der Waals surface area contributed by atoms with E-state index in [1.807, 2.05) is 30.3 Å². The molecule has 1 aromatic rings. The number of benzene rings is 1. The third-order valence-electron chi connectivity index (χ3n) is 1.21. The summed E-state index contributed by atoms with van der Waals surface area (Å²) < 4.78 is 0.926. The molecule has 0 saturated carbocycles. The minimum atomic E-state index is 0.785. The molecule has 0 aromatic heterocycles. The zero-order chi connectivity index (χ0) is 8.27. The lowest BCUT2D eigenvalue weighted by atomic mass is 10.2. The highest BCUT2D eigenvalue weighted by atomic mass is 79.9. The highest BCUT2D eigenvalue weighted by Crippen LogP contribution is 2.18. The highest BCUT2D eigenvalue weighted by molar-refractivity contribution is 9.28. The molecule has 0 aliphatic heterocycles. The van der Waals surface area contributed by atoms with Gasteiger partial charge in [-0.2, -0.15) is 0 Å². The van der Waals surface area contributed by atoms with E-state index in [2.05, 4.69) is 31.9 Å². The zero-order valence-electron chi connectivity index (χ0n) is 5.72. The van der Waals surface area contributed by atoms with Crippen molar-refractivity contribution in [3.63, 3.8) is 0 Å². The fourth-order valence-corrected chi connectivity index (χ4v) is 1.25. The highest BCUT2D eigenvalue weighted by Gasteiger charge is 1.88. The molecule has 0 saturated heterocycles. The number of halogens is 2. The zero-order valence-corrected chi connectivity index (χ0v) is 8.89. The molecule has 0 radical (unpaired) electrons. The van der Waals surface area contributed by atoms with E-state index in [9.17, 15) is 0 Å². The van der Waals surface area contributed by atoms with Crippen molar-refractivity contribution >= 4 is 43.6 Å². The van der Waals surface area contributed by atoms with Gasteiger partial charge in [-0.3, -0.25) is 0 Å². The predicted molar refractivity (Wildman–Crippen MR) is 56.7 cm³/mol. The fourth-order valence-electron chi connectivity index (χ4n) is 0.718. The van der Waals surface area contributed by atoms with Gasteiger partial charge in [-0.1, -0.05) is 12.1 Å². The molecule has 0 spiro atoms. The van der Waals surface area contributed by atoms with E-state index in [-0.39, 0.29) is 0 Å². The van der Waals surface area contributed by atoms with E-state index in [0.29, 0.717) is 0 Å². The normalized spacial score (nSPS) is 9.27. The summed E-state index contributed by atoms with van der Waals surface area (Å²) in [5, 5.41) is 0. The molecule has 3 heteroatoms. The van der Waals surface area contributed by atoms with Gasteiger partial charge < -0.3 is 5.73 Å². The summed E-state index contributed by atoms with van der Waals surface area (Å²) in [6.45, 7) is 0. The summed E-state index contributed by atoms with van der Waals surface area (Å²) in [6.07, 6.45) is 1.96. The third-order valence-corrected chi connectivity index (χ3v) is 1.67. The number of nitrogen functional groups attached to an aromatic ring is 1. The molecule has 1 aromatic carbocycles. The van der Waals surface area contributed by atoms with Gasteiger partial charge in [0.15, 0.2) is 0 Å². The van der Waals surface area contributed by atoms with Crippen LogP contribution in [0.5, 0.6) is 0 Å². The van der Waals surface area contributed by atoms with E-state index < -0.39 is 0 Å². The maximum Gasteiger partial charge on any atom is 0.0610 e. The first-order valence-electron chi connectivity index (χ1n) is 3.07. The number of nitrogens with two attached hydrogens (primary N) is 1. The second kappa shape index (κ2) is 3.93. The summed E-state index contributed by atoms with van der Waals surface area (Å²) >= 11 is 6.55. The molecule has 11 heavy (non-hydrogen) atoms. The Morgan fingerprint density at radius 3 is 2.18 bits per heavy atom. The SMILES string of the molecule is Nc1ccc(C=C(Br)Br)cc1. The van der Waals surface area contributed by atoms with Gasteiger partial charge in [-0.15, -0.1) is 0 Å². The lowest BCUT2D eigenvalue weighted by Crippen LogP contribution is -1.82. The van der Waals surface area contributed by atoms with Crippen LogP contribution >= 0.6 is 31.9 Å². The van der Waals surface area contributed by atoms with Gasteiger partial charge in [0.05, 0.1) is 3.39 Å². The van der Waals surface area contributed by atoms with Crippen LogP contribution < -0.4 is 5.73 Å². The molecule has 58 valence electrons. The topological polar surface area (TPSA) is 26.0 Å². The standard InChI is InChI=1S/C8H7Br2N/c9-8(10)5-6-1-3-7(11)4-2-6/h1-5H,11H2. The Hall–Kier alpha value is -0.280. The lowest BCUT2D eigenvalue weighted by molar-refractivity contribution is 1.65. The summed E-state index contributed by atoms with van der Waals surface area (Å²) in [5.41, 5.74) is 7.41. The number of anilines is 1. The van der Waals surface area contributed by atoms with Crippen LogP contribution in [0, 0.1) is 0 Å². The predicted octanol–water partition coefficient (Wildman–Crippen LogP) is 3.36. The number of hydrogen-bond acceptors (Lipinski definition) is 1. The van der Waals surface area contributed by atoms with Crippen molar-refractivity contribution in [3.05, 3.63) is 33.2 Å². The smallest absolute Gasteiger partial charge is 0.0610 e. The first kappa shape index (κ1) is 8.81. The Morgan fingerprint density at radius 2 is 1.73 bits per heavy atom. The largest absolute Gasteiger partial charge is 0.399 e. The van der Waals surface area contributed by atoms with Crippen molar-refractivity contribution in [1.29, 1.82) is 0 Å². The van der Waals surface area contributed by atoms with Gasteiger partial charge in [0.25, 0.3) is 0 Å². The first-order chi connectivity index (χ1) is 5.18. The van der Waals surface area contributed by atoms with Gasteiger partial charge in [0, 0.05) is 5.69 Å². The summed E-state index contributed by atoms with van der Waals surface area (Å²) in [4.78, 5) is 0. The lowest BCUT2D eigenvalue weighted by Gasteiger charge is -1.93. The van der Waals surface area contributed by atoms with E-state index in [1.54, 1.807) is 0 Å². The molecule has 0 atom stereocenters. The molecular weight excluding hydrogens is 270 g/mol.